The molecule has 134 valence electrons. The second-order valence-electron chi connectivity index (χ2n) is 7.84. The molecular formula is C20H27N3O2. The number of fused-ring (bicyclic) bond motifs is 2. The Kier molecular flexibility index (Phi) is 4.40. The largest absolute Gasteiger partial charge is 0.353 e. The number of nitrogens with zero attached hydrogens (tertiary/aromatic N) is 1. The number of carbonyl (C=O) groups is 2. The predicted molar refractivity (Wildman–Crippen MR) is 97.4 cm³/mol. The van der Waals surface area contributed by atoms with Crippen LogP contribution in [-0.4, -0.2) is 35.0 Å². The van der Waals surface area contributed by atoms with Crippen molar-refractivity contribution in [3.8, 4) is 0 Å². The molecule has 3 atom stereocenters. The molecule has 3 fully saturated rings. The van der Waals surface area contributed by atoms with Gasteiger partial charge < -0.3 is 15.5 Å². The van der Waals surface area contributed by atoms with E-state index in [1.54, 1.807) is 0 Å². The van der Waals surface area contributed by atoms with Crippen LogP contribution in [0.25, 0.3) is 0 Å². The molecule has 5 nitrogen and oxygen atoms in total. The van der Waals surface area contributed by atoms with Crippen molar-refractivity contribution in [1.29, 1.82) is 0 Å². The summed E-state index contributed by atoms with van der Waals surface area (Å²) in [5.74, 6) is 0.475. The number of amides is 3. The second kappa shape index (κ2) is 6.70. The summed E-state index contributed by atoms with van der Waals surface area (Å²) in [6, 6.07) is 8.60. The zero-order chi connectivity index (χ0) is 17.4. The maximum atomic E-state index is 12.9. The molecule has 0 radical (unpaired) electrons. The molecule has 1 aromatic carbocycles. The maximum absolute atomic E-state index is 12.9. The van der Waals surface area contributed by atoms with Gasteiger partial charge in [0.25, 0.3) is 0 Å². The Labute approximate surface area is 149 Å². The average molecular weight is 341 g/mol. The summed E-state index contributed by atoms with van der Waals surface area (Å²) in [5, 5.41) is 6.32. The van der Waals surface area contributed by atoms with Gasteiger partial charge >= 0.3 is 6.03 Å². The molecule has 5 heteroatoms. The average Bonchev–Trinajstić information content (AvgIpc) is 3.41. The van der Waals surface area contributed by atoms with Crippen LogP contribution in [0.1, 0.15) is 50.5 Å². The predicted octanol–water partition coefficient (Wildman–Crippen LogP) is 3.44. The Morgan fingerprint density at radius 1 is 1.04 bits per heavy atom. The van der Waals surface area contributed by atoms with Gasteiger partial charge in [0.15, 0.2) is 0 Å². The van der Waals surface area contributed by atoms with E-state index in [2.05, 4.69) is 15.5 Å². The third-order valence-electron chi connectivity index (χ3n) is 5.89. The molecule has 1 unspecified atom stereocenters. The molecular weight excluding hydrogens is 314 g/mol. The number of rotatable bonds is 3. The summed E-state index contributed by atoms with van der Waals surface area (Å²) in [7, 11) is 0. The molecule has 25 heavy (non-hydrogen) atoms. The van der Waals surface area contributed by atoms with Crippen molar-refractivity contribution < 1.29 is 9.59 Å². The highest BCUT2D eigenvalue weighted by atomic mass is 16.2. The van der Waals surface area contributed by atoms with Gasteiger partial charge in [-0.2, -0.15) is 0 Å². The topological polar surface area (TPSA) is 61.4 Å². The number of aryl methyl sites for hydroxylation is 1. The summed E-state index contributed by atoms with van der Waals surface area (Å²) >= 11 is 0. The molecule has 2 saturated heterocycles. The minimum atomic E-state index is 0.0102. The summed E-state index contributed by atoms with van der Waals surface area (Å²) < 4.78 is 0. The minimum absolute atomic E-state index is 0.0102. The minimum Gasteiger partial charge on any atom is -0.353 e. The lowest BCUT2D eigenvalue weighted by molar-refractivity contribution is -0.123. The summed E-state index contributed by atoms with van der Waals surface area (Å²) in [4.78, 5) is 27.0. The van der Waals surface area contributed by atoms with Gasteiger partial charge in [0.05, 0.1) is 0 Å². The first kappa shape index (κ1) is 16.4. The second-order valence-corrected chi connectivity index (χ2v) is 7.84. The molecule has 3 aliphatic rings. The van der Waals surface area contributed by atoms with Gasteiger partial charge in [-0.15, -0.1) is 0 Å². The van der Waals surface area contributed by atoms with Crippen LogP contribution < -0.4 is 10.6 Å². The molecule has 2 aliphatic heterocycles. The van der Waals surface area contributed by atoms with E-state index in [0.29, 0.717) is 0 Å². The molecule has 2 heterocycles. The molecule has 2 bridgehead atoms. The van der Waals surface area contributed by atoms with Gasteiger partial charge in [0, 0.05) is 29.7 Å². The first-order valence-corrected chi connectivity index (χ1v) is 9.57. The van der Waals surface area contributed by atoms with Crippen LogP contribution in [0.4, 0.5) is 10.5 Å². The van der Waals surface area contributed by atoms with Crippen LogP contribution in [0.5, 0.6) is 0 Å². The number of benzene rings is 1. The standard InChI is InChI=1S/C20H27N3O2/c1-13-5-2-3-8-18(13)22-20(25)23-16-6-4-7-17(23)12-15(11-16)21-19(24)14-9-10-14/h2-3,5,8,14-17H,4,6-7,9-12H2,1H3,(H,21,24)(H,22,25)/t15?,16-,17+. The van der Waals surface area contributed by atoms with Crippen LogP contribution in [0, 0.1) is 12.8 Å². The Bertz CT molecular complexity index is 657. The Balaban J connectivity index is 1.43. The van der Waals surface area contributed by atoms with Crippen LogP contribution in [-0.2, 0) is 4.79 Å². The molecule has 0 spiro atoms. The number of urea groups is 1. The number of para-hydroxylation sites is 1. The van der Waals surface area contributed by atoms with Gasteiger partial charge in [0.2, 0.25) is 5.91 Å². The Morgan fingerprint density at radius 2 is 1.72 bits per heavy atom. The van der Waals surface area contributed by atoms with Crippen molar-refractivity contribution in [2.75, 3.05) is 5.32 Å². The van der Waals surface area contributed by atoms with Crippen LogP contribution >= 0.6 is 0 Å². The third-order valence-corrected chi connectivity index (χ3v) is 5.89. The lowest BCUT2D eigenvalue weighted by Crippen LogP contribution is -2.59. The fourth-order valence-electron chi connectivity index (χ4n) is 4.39. The van der Waals surface area contributed by atoms with E-state index in [0.717, 1.165) is 49.8 Å². The Morgan fingerprint density at radius 3 is 2.36 bits per heavy atom. The molecule has 1 aromatic rings. The van der Waals surface area contributed by atoms with Gasteiger partial charge in [-0.25, -0.2) is 4.79 Å². The SMILES string of the molecule is Cc1ccccc1NC(=O)N1[C@@H]2CCC[C@H]1CC(NC(=O)C1CC1)C2. The normalized spacial score (nSPS) is 28.4. The van der Waals surface area contributed by atoms with Crippen molar-refractivity contribution in [1.82, 2.24) is 10.2 Å². The summed E-state index contributed by atoms with van der Waals surface area (Å²) in [5.41, 5.74) is 1.96. The van der Waals surface area contributed by atoms with E-state index < -0.39 is 0 Å². The van der Waals surface area contributed by atoms with Gasteiger partial charge in [-0.3, -0.25) is 4.79 Å². The van der Waals surface area contributed by atoms with E-state index >= 15 is 0 Å². The van der Waals surface area contributed by atoms with Crippen molar-refractivity contribution in [3.05, 3.63) is 29.8 Å². The monoisotopic (exact) mass is 341 g/mol. The summed E-state index contributed by atoms with van der Waals surface area (Å²) in [6.45, 7) is 2.01. The lowest BCUT2D eigenvalue weighted by Gasteiger charge is -2.48. The molecule has 1 saturated carbocycles. The third kappa shape index (κ3) is 3.51. The number of hydrogen-bond acceptors (Lipinski definition) is 2. The van der Waals surface area contributed by atoms with Crippen molar-refractivity contribution in [2.45, 2.75) is 70.0 Å². The van der Waals surface area contributed by atoms with Gasteiger partial charge in [-0.05, 0) is 63.5 Å². The number of piperidine rings is 2. The number of anilines is 1. The highest BCUT2D eigenvalue weighted by Crippen LogP contribution is 2.36. The molecule has 4 rings (SSSR count). The first-order chi connectivity index (χ1) is 12.1. The van der Waals surface area contributed by atoms with E-state index in [-0.39, 0.29) is 36.0 Å². The van der Waals surface area contributed by atoms with E-state index in [1.165, 1.54) is 6.42 Å². The highest BCUT2D eigenvalue weighted by Gasteiger charge is 2.42. The number of nitrogens with one attached hydrogen (secondary N) is 2. The van der Waals surface area contributed by atoms with Gasteiger partial charge in [0.1, 0.15) is 0 Å². The lowest BCUT2D eigenvalue weighted by atomic mass is 9.82. The number of hydrogen-bond donors (Lipinski definition) is 2. The van der Waals surface area contributed by atoms with Crippen molar-refractivity contribution in [2.24, 2.45) is 5.92 Å². The fourth-order valence-corrected chi connectivity index (χ4v) is 4.39. The van der Waals surface area contributed by atoms with Crippen LogP contribution in [0.3, 0.4) is 0 Å². The first-order valence-electron chi connectivity index (χ1n) is 9.57. The van der Waals surface area contributed by atoms with Crippen molar-refractivity contribution in [3.63, 3.8) is 0 Å². The van der Waals surface area contributed by atoms with Gasteiger partial charge in [-0.1, -0.05) is 18.2 Å². The summed E-state index contributed by atoms with van der Waals surface area (Å²) in [6.07, 6.45) is 7.09. The molecule has 0 aromatic heterocycles. The zero-order valence-corrected chi connectivity index (χ0v) is 14.8. The van der Waals surface area contributed by atoms with E-state index in [1.807, 2.05) is 31.2 Å². The van der Waals surface area contributed by atoms with Crippen LogP contribution in [0.2, 0.25) is 0 Å². The van der Waals surface area contributed by atoms with Crippen molar-refractivity contribution >= 4 is 17.6 Å². The smallest absolute Gasteiger partial charge is 0.322 e. The fraction of sp³-hybridized carbons (Fsp3) is 0.600. The Hall–Kier alpha value is -2.04. The molecule has 2 N–H and O–H groups in total. The van der Waals surface area contributed by atoms with E-state index in [9.17, 15) is 9.59 Å². The quantitative estimate of drug-likeness (QED) is 0.885. The molecule has 3 amide bonds. The van der Waals surface area contributed by atoms with Crippen LogP contribution in [0.15, 0.2) is 24.3 Å². The maximum Gasteiger partial charge on any atom is 0.322 e. The highest BCUT2D eigenvalue weighted by molar-refractivity contribution is 5.90. The molecule has 1 aliphatic carbocycles. The zero-order valence-electron chi connectivity index (χ0n) is 14.8. The number of carbonyl (C=O) groups excluding carboxylic acids is 2. The van der Waals surface area contributed by atoms with E-state index in [4.69, 9.17) is 0 Å².